The predicted molar refractivity (Wildman–Crippen MR) is 105 cm³/mol. The van der Waals surface area contributed by atoms with Gasteiger partial charge in [0, 0.05) is 11.1 Å². The number of benzene rings is 3. The molecule has 0 spiro atoms. The summed E-state index contributed by atoms with van der Waals surface area (Å²) < 4.78 is 27.8. The van der Waals surface area contributed by atoms with Gasteiger partial charge in [-0.3, -0.25) is 0 Å². The summed E-state index contributed by atoms with van der Waals surface area (Å²) >= 11 is 6.17. The fourth-order valence-electron chi connectivity index (χ4n) is 3.13. The number of hydrogen-bond acceptors (Lipinski definition) is 0. The maximum absolute atomic E-state index is 13.9. The molecule has 0 radical (unpaired) electrons. The fraction of sp³-hybridized carbons (Fsp3) is 0.130. The molecule has 0 aliphatic rings. The van der Waals surface area contributed by atoms with Gasteiger partial charge in [-0.1, -0.05) is 60.5 Å². The largest absolute Gasteiger partial charge is 0.207 e. The minimum Gasteiger partial charge on any atom is -0.207 e. The van der Waals surface area contributed by atoms with Crippen LogP contribution in [0.3, 0.4) is 0 Å². The fourth-order valence-corrected chi connectivity index (χ4v) is 3.33. The Labute approximate surface area is 157 Å². The molecule has 0 heterocycles. The summed E-state index contributed by atoms with van der Waals surface area (Å²) in [5, 5.41) is 0.627. The standard InChI is InChI=1S/C23H19ClF2/c1-3-22(17-5-4-6-19(24)11-17)23(16-9-7-15(2)8-10-16)18-12-20(25)14-21(26)13-18/h4-14H,3H2,1-2H3/b23-22+. The quantitative estimate of drug-likeness (QED) is 0.424. The van der Waals surface area contributed by atoms with E-state index in [9.17, 15) is 8.78 Å². The normalized spacial score (nSPS) is 12.0. The van der Waals surface area contributed by atoms with Gasteiger partial charge in [-0.05, 0) is 65.4 Å². The van der Waals surface area contributed by atoms with E-state index in [0.29, 0.717) is 17.0 Å². The Bertz CT molecular complexity index is 936. The molecule has 0 unspecified atom stereocenters. The number of halogens is 3. The maximum Gasteiger partial charge on any atom is 0.126 e. The van der Waals surface area contributed by atoms with E-state index in [2.05, 4.69) is 0 Å². The zero-order valence-corrected chi connectivity index (χ0v) is 15.4. The van der Waals surface area contributed by atoms with E-state index in [-0.39, 0.29) is 0 Å². The molecule has 3 aromatic rings. The van der Waals surface area contributed by atoms with Gasteiger partial charge in [0.1, 0.15) is 11.6 Å². The smallest absolute Gasteiger partial charge is 0.126 e. The molecule has 3 heteroatoms. The van der Waals surface area contributed by atoms with E-state index in [1.54, 1.807) is 0 Å². The van der Waals surface area contributed by atoms with E-state index < -0.39 is 11.6 Å². The Morgan fingerprint density at radius 3 is 2.04 bits per heavy atom. The van der Waals surface area contributed by atoms with E-state index in [4.69, 9.17) is 11.6 Å². The Morgan fingerprint density at radius 2 is 1.46 bits per heavy atom. The van der Waals surface area contributed by atoms with E-state index in [1.807, 2.05) is 62.4 Å². The first-order valence-electron chi connectivity index (χ1n) is 8.50. The average Bonchev–Trinajstić information content (AvgIpc) is 2.59. The minimum atomic E-state index is -0.592. The summed E-state index contributed by atoms with van der Waals surface area (Å²) in [6.07, 6.45) is 0.696. The zero-order chi connectivity index (χ0) is 18.7. The summed E-state index contributed by atoms with van der Waals surface area (Å²) in [6, 6.07) is 19.1. The predicted octanol–water partition coefficient (Wildman–Crippen LogP) is 7.30. The summed E-state index contributed by atoms with van der Waals surface area (Å²) in [4.78, 5) is 0. The van der Waals surface area contributed by atoms with Crippen molar-refractivity contribution < 1.29 is 8.78 Å². The lowest BCUT2D eigenvalue weighted by molar-refractivity contribution is 0.582. The number of aryl methyl sites for hydroxylation is 1. The van der Waals surface area contributed by atoms with Gasteiger partial charge in [-0.25, -0.2) is 8.78 Å². The molecule has 0 aliphatic carbocycles. The monoisotopic (exact) mass is 368 g/mol. The van der Waals surface area contributed by atoms with Gasteiger partial charge in [0.05, 0.1) is 0 Å². The third-order valence-electron chi connectivity index (χ3n) is 4.32. The van der Waals surface area contributed by atoms with Crippen LogP contribution in [0.1, 0.15) is 35.6 Å². The van der Waals surface area contributed by atoms with Crippen LogP contribution in [0, 0.1) is 18.6 Å². The van der Waals surface area contributed by atoms with E-state index >= 15 is 0 Å². The van der Waals surface area contributed by atoms with Crippen molar-refractivity contribution in [2.75, 3.05) is 0 Å². The van der Waals surface area contributed by atoms with Gasteiger partial charge in [0.15, 0.2) is 0 Å². The molecule has 0 aliphatic heterocycles. The molecule has 0 fully saturated rings. The van der Waals surface area contributed by atoms with Crippen LogP contribution in [0.2, 0.25) is 5.02 Å². The molecule has 3 aromatic carbocycles. The van der Waals surface area contributed by atoms with Crippen LogP contribution in [0.4, 0.5) is 8.78 Å². The second-order valence-corrected chi connectivity index (χ2v) is 6.68. The third-order valence-corrected chi connectivity index (χ3v) is 4.55. The molecule has 0 nitrogen and oxygen atoms in total. The van der Waals surface area contributed by atoms with E-state index in [0.717, 1.165) is 33.9 Å². The number of allylic oxidation sites excluding steroid dienone is 1. The average molecular weight is 369 g/mol. The molecule has 132 valence electrons. The van der Waals surface area contributed by atoms with Crippen LogP contribution in [0.25, 0.3) is 11.1 Å². The lowest BCUT2D eigenvalue weighted by atomic mass is 9.88. The van der Waals surface area contributed by atoms with Gasteiger partial charge in [-0.2, -0.15) is 0 Å². The van der Waals surface area contributed by atoms with Crippen molar-refractivity contribution in [1.82, 2.24) is 0 Å². The molecule has 0 bridgehead atoms. The van der Waals surface area contributed by atoms with Crippen LogP contribution >= 0.6 is 11.6 Å². The summed E-state index contributed by atoms with van der Waals surface area (Å²) in [6.45, 7) is 4.03. The highest BCUT2D eigenvalue weighted by Crippen LogP contribution is 2.35. The topological polar surface area (TPSA) is 0 Å². The maximum atomic E-state index is 13.9. The summed E-state index contributed by atoms with van der Waals surface area (Å²) in [5.74, 6) is -1.18. The van der Waals surface area contributed by atoms with E-state index in [1.165, 1.54) is 12.1 Å². The Morgan fingerprint density at radius 1 is 0.808 bits per heavy atom. The van der Waals surface area contributed by atoms with Crippen molar-refractivity contribution in [1.29, 1.82) is 0 Å². The van der Waals surface area contributed by atoms with Crippen molar-refractivity contribution in [2.24, 2.45) is 0 Å². The van der Waals surface area contributed by atoms with Crippen molar-refractivity contribution in [2.45, 2.75) is 20.3 Å². The Hall–Kier alpha value is -2.45. The number of rotatable bonds is 4. The zero-order valence-electron chi connectivity index (χ0n) is 14.7. The third kappa shape index (κ3) is 4.03. The SMILES string of the molecule is CC/C(=C(/c1ccc(C)cc1)c1cc(F)cc(F)c1)c1cccc(Cl)c1. The highest BCUT2D eigenvalue weighted by molar-refractivity contribution is 6.30. The summed E-state index contributed by atoms with van der Waals surface area (Å²) in [5.41, 5.74) is 5.30. The number of hydrogen-bond donors (Lipinski definition) is 0. The minimum absolute atomic E-state index is 0.517. The van der Waals surface area contributed by atoms with Crippen molar-refractivity contribution in [3.8, 4) is 0 Å². The van der Waals surface area contributed by atoms with Gasteiger partial charge < -0.3 is 0 Å². The molecule has 0 amide bonds. The molecule has 26 heavy (non-hydrogen) atoms. The molecule has 0 atom stereocenters. The molecular formula is C23H19ClF2. The molecule has 0 saturated heterocycles. The Balaban J connectivity index is 2.33. The molecule has 3 rings (SSSR count). The van der Waals surface area contributed by atoms with Crippen LogP contribution in [0.15, 0.2) is 66.7 Å². The van der Waals surface area contributed by atoms with Crippen LogP contribution < -0.4 is 0 Å². The highest BCUT2D eigenvalue weighted by Gasteiger charge is 2.15. The molecule has 0 aromatic heterocycles. The molecule has 0 N–H and O–H groups in total. The lowest BCUT2D eigenvalue weighted by Gasteiger charge is -2.17. The van der Waals surface area contributed by atoms with Crippen molar-refractivity contribution in [3.63, 3.8) is 0 Å². The van der Waals surface area contributed by atoms with Crippen LogP contribution in [-0.2, 0) is 0 Å². The van der Waals surface area contributed by atoms with Gasteiger partial charge >= 0.3 is 0 Å². The second-order valence-electron chi connectivity index (χ2n) is 6.24. The van der Waals surface area contributed by atoms with Crippen molar-refractivity contribution in [3.05, 3.63) is 106 Å². The first-order chi connectivity index (χ1) is 12.5. The molecular weight excluding hydrogens is 350 g/mol. The highest BCUT2D eigenvalue weighted by atomic mass is 35.5. The molecule has 0 saturated carbocycles. The second kappa shape index (κ2) is 7.84. The first-order valence-corrected chi connectivity index (χ1v) is 8.88. The van der Waals surface area contributed by atoms with Gasteiger partial charge in [-0.15, -0.1) is 0 Å². The van der Waals surface area contributed by atoms with Crippen LogP contribution in [0.5, 0.6) is 0 Å². The summed E-state index contributed by atoms with van der Waals surface area (Å²) in [7, 11) is 0. The van der Waals surface area contributed by atoms with Crippen molar-refractivity contribution >= 4 is 22.7 Å². The van der Waals surface area contributed by atoms with Crippen LogP contribution in [-0.4, -0.2) is 0 Å². The Kier molecular flexibility index (Phi) is 5.53. The first kappa shape index (κ1) is 18.3. The lowest BCUT2D eigenvalue weighted by Crippen LogP contribution is -1.97. The van der Waals surface area contributed by atoms with Gasteiger partial charge in [0.2, 0.25) is 0 Å². The van der Waals surface area contributed by atoms with Gasteiger partial charge in [0.25, 0.3) is 0 Å².